The van der Waals surface area contributed by atoms with Gasteiger partial charge in [0.1, 0.15) is 0 Å². The molecule has 20 heavy (non-hydrogen) atoms. The first kappa shape index (κ1) is 19.9. The fourth-order valence-corrected chi connectivity index (χ4v) is 2.51. The fraction of sp³-hybridized carbons (Fsp3) is 0.923. The molecule has 2 unspecified atom stereocenters. The number of carbonyl (C=O) groups is 1. The summed E-state index contributed by atoms with van der Waals surface area (Å²) >= 11 is 0. The highest BCUT2D eigenvalue weighted by Gasteiger charge is 2.45. The molecule has 0 aromatic rings. The molecule has 1 amide bonds. The number of amides is 1. The summed E-state index contributed by atoms with van der Waals surface area (Å²) in [5.74, 6) is 0.0196. The molecule has 1 aliphatic heterocycles. The largest absolute Gasteiger partial charge is 0.373 e. The van der Waals surface area contributed by atoms with Crippen molar-refractivity contribution in [3.8, 4) is 0 Å². The number of morpholine rings is 1. The lowest BCUT2D eigenvalue weighted by molar-refractivity contribution is -0.123. The number of nitrogens with zero attached hydrogens (tertiary/aromatic N) is 1. The number of rotatable bonds is 5. The highest BCUT2D eigenvalue weighted by Crippen LogP contribution is 2.31. The first-order valence-corrected chi connectivity index (χ1v) is 6.94. The molecule has 7 heteroatoms. The second-order valence-electron chi connectivity index (χ2n) is 5.78. The van der Waals surface area contributed by atoms with Gasteiger partial charge in [-0.2, -0.15) is 0 Å². The van der Waals surface area contributed by atoms with E-state index in [0.717, 1.165) is 45.4 Å². The third kappa shape index (κ3) is 5.74. The Balaban J connectivity index is 0.00000180. The van der Waals surface area contributed by atoms with Crippen molar-refractivity contribution in [1.82, 2.24) is 10.2 Å². The molecular weight excluding hydrogens is 301 g/mol. The fourth-order valence-electron chi connectivity index (χ4n) is 2.51. The number of carbonyl (C=O) groups excluding carboxylic acids is 1. The van der Waals surface area contributed by atoms with Crippen LogP contribution in [0.3, 0.4) is 0 Å². The van der Waals surface area contributed by atoms with Crippen LogP contribution in [-0.4, -0.2) is 54.7 Å². The van der Waals surface area contributed by atoms with Gasteiger partial charge in [0.2, 0.25) is 5.91 Å². The lowest BCUT2D eigenvalue weighted by atomic mass is 10.2. The van der Waals surface area contributed by atoms with Crippen molar-refractivity contribution in [2.45, 2.75) is 50.9 Å². The number of hydrogen-bond donors (Lipinski definition) is 2. The van der Waals surface area contributed by atoms with Crippen LogP contribution in [0.25, 0.3) is 0 Å². The Bertz CT molecular complexity index is 304. The summed E-state index contributed by atoms with van der Waals surface area (Å²) in [6.07, 6.45) is 3.25. The minimum atomic E-state index is -0.540. The van der Waals surface area contributed by atoms with E-state index >= 15 is 0 Å². The number of nitrogens with one attached hydrogen (secondary N) is 1. The topological polar surface area (TPSA) is 67.6 Å². The van der Waals surface area contributed by atoms with Crippen molar-refractivity contribution in [2.24, 2.45) is 5.73 Å². The molecule has 1 saturated carbocycles. The molecule has 2 aliphatic rings. The van der Waals surface area contributed by atoms with Gasteiger partial charge in [0, 0.05) is 26.2 Å². The highest BCUT2D eigenvalue weighted by atomic mass is 35.5. The van der Waals surface area contributed by atoms with E-state index in [-0.39, 0.29) is 30.7 Å². The van der Waals surface area contributed by atoms with Gasteiger partial charge in [0.15, 0.2) is 0 Å². The molecule has 3 N–H and O–H groups in total. The van der Waals surface area contributed by atoms with Crippen LogP contribution in [0.15, 0.2) is 0 Å². The normalized spacial score (nSPS) is 27.9. The molecule has 0 radical (unpaired) electrons. The van der Waals surface area contributed by atoms with Crippen LogP contribution in [0.2, 0.25) is 0 Å². The van der Waals surface area contributed by atoms with Crippen molar-refractivity contribution in [1.29, 1.82) is 0 Å². The van der Waals surface area contributed by atoms with Gasteiger partial charge in [-0.15, -0.1) is 24.8 Å². The molecule has 1 saturated heterocycles. The van der Waals surface area contributed by atoms with Gasteiger partial charge in [-0.1, -0.05) is 0 Å². The van der Waals surface area contributed by atoms with Crippen molar-refractivity contribution >= 4 is 30.7 Å². The van der Waals surface area contributed by atoms with Gasteiger partial charge in [-0.25, -0.2) is 0 Å². The number of nitrogens with two attached hydrogens (primary N) is 1. The van der Waals surface area contributed by atoms with Crippen LogP contribution >= 0.6 is 24.8 Å². The number of hydrogen-bond acceptors (Lipinski definition) is 4. The Morgan fingerprint density at radius 2 is 1.85 bits per heavy atom. The Morgan fingerprint density at radius 3 is 2.35 bits per heavy atom. The zero-order chi connectivity index (χ0) is 13.2. The van der Waals surface area contributed by atoms with E-state index < -0.39 is 5.54 Å². The second kappa shape index (κ2) is 8.39. The predicted octanol–water partition coefficient (Wildman–Crippen LogP) is 0.937. The van der Waals surface area contributed by atoms with Gasteiger partial charge < -0.3 is 15.8 Å². The second-order valence-corrected chi connectivity index (χ2v) is 5.78. The van der Waals surface area contributed by atoms with Gasteiger partial charge in [-0.3, -0.25) is 9.69 Å². The van der Waals surface area contributed by atoms with Crippen molar-refractivity contribution < 1.29 is 9.53 Å². The molecule has 0 aromatic carbocycles. The van der Waals surface area contributed by atoms with Crippen LogP contribution in [0, 0.1) is 0 Å². The van der Waals surface area contributed by atoms with E-state index in [0.29, 0.717) is 12.2 Å². The smallest absolute Gasteiger partial charge is 0.240 e. The Morgan fingerprint density at radius 1 is 1.30 bits per heavy atom. The summed E-state index contributed by atoms with van der Waals surface area (Å²) in [5.41, 5.74) is 5.27. The maximum Gasteiger partial charge on any atom is 0.240 e. The molecule has 5 nitrogen and oxygen atoms in total. The summed E-state index contributed by atoms with van der Waals surface area (Å²) in [4.78, 5) is 14.0. The molecule has 2 rings (SSSR count). The highest BCUT2D eigenvalue weighted by molar-refractivity contribution is 5.88. The molecule has 2 fully saturated rings. The average Bonchev–Trinajstić information content (AvgIpc) is 3.02. The summed E-state index contributed by atoms with van der Waals surface area (Å²) in [6, 6.07) is 0. The Labute approximate surface area is 133 Å². The van der Waals surface area contributed by atoms with Crippen LogP contribution in [0.1, 0.15) is 33.1 Å². The van der Waals surface area contributed by atoms with Crippen molar-refractivity contribution in [2.75, 3.05) is 26.2 Å². The molecular formula is C13H27Cl2N3O2. The summed E-state index contributed by atoms with van der Waals surface area (Å²) in [6.45, 7) is 7.91. The molecule has 0 aromatic heterocycles. The summed E-state index contributed by atoms with van der Waals surface area (Å²) in [5, 5.41) is 2.93. The Kier molecular flexibility index (Phi) is 8.36. The van der Waals surface area contributed by atoms with E-state index in [4.69, 9.17) is 10.5 Å². The van der Waals surface area contributed by atoms with E-state index in [1.807, 2.05) is 0 Å². The molecule has 0 spiro atoms. The average molecular weight is 328 g/mol. The maximum atomic E-state index is 11.6. The number of halogens is 2. The van der Waals surface area contributed by atoms with Crippen LogP contribution < -0.4 is 11.1 Å². The zero-order valence-corrected chi connectivity index (χ0v) is 13.9. The zero-order valence-electron chi connectivity index (χ0n) is 12.3. The minimum absolute atomic E-state index is 0. The minimum Gasteiger partial charge on any atom is -0.373 e. The Hall–Kier alpha value is -0.0700. The van der Waals surface area contributed by atoms with Crippen LogP contribution in [0.4, 0.5) is 0 Å². The van der Waals surface area contributed by atoms with E-state index in [2.05, 4.69) is 24.1 Å². The molecule has 120 valence electrons. The van der Waals surface area contributed by atoms with E-state index in [1.54, 1.807) is 0 Å². The maximum absolute atomic E-state index is 11.6. The van der Waals surface area contributed by atoms with Crippen molar-refractivity contribution in [3.63, 3.8) is 0 Å². The quantitative estimate of drug-likeness (QED) is 0.737. The van der Waals surface area contributed by atoms with Crippen LogP contribution in [-0.2, 0) is 9.53 Å². The molecule has 1 heterocycles. The lowest BCUT2D eigenvalue weighted by Gasteiger charge is -2.35. The van der Waals surface area contributed by atoms with E-state index in [9.17, 15) is 4.79 Å². The first-order chi connectivity index (χ1) is 8.49. The molecule has 0 bridgehead atoms. The SMILES string of the molecule is CC1CN(CCCNC(=O)C2(N)CC2)CC(C)O1.Cl.Cl. The van der Waals surface area contributed by atoms with Gasteiger partial charge in [-0.05, 0) is 33.1 Å². The molecule has 1 aliphatic carbocycles. The monoisotopic (exact) mass is 327 g/mol. The third-order valence-electron chi connectivity index (χ3n) is 3.67. The van der Waals surface area contributed by atoms with Gasteiger partial charge in [0.05, 0.1) is 17.7 Å². The van der Waals surface area contributed by atoms with Gasteiger partial charge >= 0.3 is 0 Å². The summed E-state index contributed by atoms with van der Waals surface area (Å²) < 4.78 is 5.69. The standard InChI is InChI=1S/C13H25N3O2.2ClH/c1-10-8-16(9-11(2)18-10)7-3-6-15-12(17)13(14)4-5-13;;/h10-11H,3-9,14H2,1-2H3,(H,15,17);2*1H. The predicted molar refractivity (Wildman–Crippen MR) is 84.7 cm³/mol. The first-order valence-electron chi connectivity index (χ1n) is 6.94. The molecule has 2 atom stereocenters. The van der Waals surface area contributed by atoms with Gasteiger partial charge in [0.25, 0.3) is 0 Å². The number of ether oxygens (including phenoxy) is 1. The third-order valence-corrected chi connectivity index (χ3v) is 3.67. The van der Waals surface area contributed by atoms with E-state index in [1.165, 1.54) is 0 Å². The lowest BCUT2D eigenvalue weighted by Crippen LogP contribution is -2.47. The van der Waals surface area contributed by atoms with Crippen LogP contribution in [0.5, 0.6) is 0 Å². The summed E-state index contributed by atoms with van der Waals surface area (Å²) in [7, 11) is 0. The van der Waals surface area contributed by atoms with Crippen molar-refractivity contribution in [3.05, 3.63) is 0 Å².